The summed E-state index contributed by atoms with van der Waals surface area (Å²) in [7, 11) is 4.01. The van der Waals surface area contributed by atoms with Crippen LogP contribution in [-0.4, -0.2) is 55.3 Å². The smallest absolute Gasteiger partial charge is 0.260 e. The molecule has 30 heavy (non-hydrogen) atoms. The van der Waals surface area contributed by atoms with Crippen molar-refractivity contribution in [1.82, 2.24) is 9.88 Å². The molecular formula is C22H28ClN3O2S2. The van der Waals surface area contributed by atoms with Crippen LogP contribution in [0.5, 0.6) is 5.75 Å². The molecule has 3 rings (SSSR count). The van der Waals surface area contributed by atoms with Crippen molar-refractivity contribution < 1.29 is 9.53 Å². The first-order chi connectivity index (χ1) is 14.0. The monoisotopic (exact) mass is 465 g/mol. The molecule has 1 amide bonds. The number of anilines is 1. The summed E-state index contributed by atoms with van der Waals surface area (Å²) in [6, 6.07) is 13.7. The number of carbonyl (C=O) groups is 1. The molecule has 0 atom stereocenters. The second-order valence-corrected chi connectivity index (χ2v) is 9.12. The molecule has 0 aliphatic carbocycles. The molecule has 5 nitrogen and oxygen atoms in total. The Bertz CT molecular complexity index is 961. The van der Waals surface area contributed by atoms with Crippen LogP contribution in [-0.2, 0) is 0 Å². The highest BCUT2D eigenvalue weighted by molar-refractivity contribution is 7.99. The lowest BCUT2D eigenvalue weighted by atomic mass is 10.2. The molecular weight excluding hydrogens is 438 g/mol. The molecule has 1 aromatic heterocycles. The summed E-state index contributed by atoms with van der Waals surface area (Å²) in [5.41, 5.74) is 1.56. The predicted molar refractivity (Wildman–Crippen MR) is 131 cm³/mol. The molecule has 0 saturated carbocycles. The Kier molecular flexibility index (Phi) is 9.42. The lowest BCUT2D eigenvalue weighted by molar-refractivity contribution is 0.0985. The van der Waals surface area contributed by atoms with E-state index < -0.39 is 0 Å². The third kappa shape index (κ3) is 6.11. The minimum absolute atomic E-state index is 0. The third-order valence-electron chi connectivity index (χ3n) is 4.32. The molecule has 3 aromatic rings. The van der Waals surface area contributed by atoms with Crippen LogP contribution < -0.4 is 9.64 Å². The summed E-state index contributed by atoms with van der Waals surface area (Å²) in [6.45, 7) is 6.05. The number of thioether (sulfide) groups is 1. The lowest BCUT2D eigenvalue weighted by Gasteiger charge is -2.22. The average molecular weight is 466 g/mol. The van der Waals surface area contributed by atoms with Crippen LogP contribution in [0.15, 0.2) is 47.4 Å². The van der Waals surface area contributed by atoms with Gasteiger partial charge >= 0.3 is 0 Å². The zero-order valence-corrected chi connectivity index (χ0v) is 20.2. The van der Waals surface area contributed by atoms with E-state index in [0.29, 0.717) is 23.8 Å². The van der Waals surface area contributed by atoms with E-state index in [2.05, 4.69) is 11.8 Å². The van der Waals surface area contributed by atoms with Crippen LogP contribution in [0.25, 0.3) is 10.2 Å². The van der Waals surface area contributed by atoms with Crippen molar-refractivity contribution in [2.45, 2.75) is 18.7 Å². The Morgan fingerprint density at radius 1 is 1.10 bits per heavy atom. The quantitative estimate of drug-likeness (QED) is 0.394. The minimum atomic E-state index is -0.0241. The number of carbonyl (C=O) groups excluding carboxylic acids is 1. The van der Waals surface area contributed by atoms with E-state index in [9.17, 15) is 4.79 Å². The normalized spacial score (nSPS) is 10.8. The van der Waals surface area contributed by atoms with Gasteiger partial charge in [-0.25, -0.2) is 4.98 Å². The van der Waals surface area contributed by atoms with E-state index in [4.69, 9.17) is 9.72 Å². The van der Waals surface area contributed by atoms with Gasteiger partial charge in [0, 0.05) is 23.5 Å². The summed E-state index contributed by atoms with van der Waals surface area (Å²) in [5.74, 6) is 1.81. The number of hydrogen-bond donors (Lipinski definition) is 0. The van der Waals surface area contributed by atoms with E-state index in [1.54, 1.807) is 16.7 Å². The molecule has 0 fully saturated rings. The number of amides is 1. The standard InChI is InChI=1S/C22H27N3O2S2.ClH/c1-5-27-17-9-12-19-20(15-17)29-22(23-19)25(14-13-24(3)4)21(26)16-7-10-18(11-8-16)28-6-2;/h7-12,15H,5-6,13-14H2,1-4H3;1H. The van der Waals surface area contributed by atoms with Crippen LogP contribution in [0.1, 0.15) is 24.2 Å². The molecule has 162 valence electrons. The van der Waals surface area contributed by atoms with Gasteiger partial charge in [0.2, 0.25) is 0 Å². The third-order valence-corrected chi connectivity index (χ3v) is 6.25. The van der Waals surface area contributed by atoms with E-state index in [0.717, 1.165) is 28.3 Å². The van der Waals surface area contributed by atoms with Gasteiger partial charge in [0.05, 0.1) is 16.8 Å². The molecule has 0 spiro atoms. The van der Waals surface area contributed by atoms with Gasteiger partial charge in [0.1, 0.15) is 5.75 Å². The maximum absolute atomic E-state index is 13.3. The molecule has 0 radical (unpaired) electrons. The highest BCUT2D eigenvalue weighted by Crippen LogP contribution is 2.32. The maximum Gasteiger partial charge on any atom is 0.260 e. The van der Waals surface area contributed by atoms with Crippen LogP contribution in [0.3, 0.4) is 0 Å². The van der Waals surface area contributed by atoms with Gasteiger partial charge in [0.25, 0.3) is 5.91 Å². The maximum atomic E-state index is 13.3. The van der Waals surface area contributed by atoms with Crippen molar-refractivity contribution in [3.63, 3.8) is 0 Å². The molecule has 0 bridgehead atoms. The van der Waals surface area contributed by atoms with Crippen LogP contribution in [0.4, 0.5) is 5.13 Å². The first-order valence-electron chi connectivity index (χ1n) is 9.74. The summed E-state index contributed by atoms with van der Waals surface area (Å²) in [5, 5.41) is 0.715. The number of aromatic nitrogens is 1. The highest BCUT2D eigenvalue weighted by Gasteiger charge is 2.21. The van der Waals surface area contributed by atoms with E-state index in [1.807, 2.05) is 63.5 Å². The fraction of sp³-hybridized carbons (Fsp3) is 0.364. The molecule has 0 aliphatic heterocycles. The summed E-state index contributed by atoms with van der Waals surface area (Å²) >= 11 is 3.29. The van der Waals surface area contributed by atoms with E-state index in [1.165, 1.54) is 16.2 Å². The molecule has 0 aliphatic rings. The number of likely N-dealkylation sites (N-methyl/N-ethyl adjacent to an activating group) is 1. The number of ether oxygens (including phenoxy) is 1. The van der Waals surface area contributed by atoms with Crippen LogP contribution >= 0.6 is 35.5 Å². The van der Waals surface area contributed by atoms with Crippen molar-refractivity contribution in [2.24, 2.45) is 0 Å². The lowest BCUT2D eigenvalue weighted by Crippen LogP contribution is -2.36. The van der Waals surface area contributed by atoms with Crippen LogP contribution in [0.2, 0.25) is 0 Å². The van der Waals surface area contributed by atoms with Gasteiger partial charge in [0.15, 0.2) is 5.13 Å². The average Bonchev–Trinajstić information content (AvgIpc) is 3.12. The molecule has 0 unspecified atom stereocenters. The Morgan fingerprint density at radius 2 is 1.83 bits per heavy atom. The molecule has 0 saturated heterocycles. The Labute approximate surface area is 192 Å². The van der Waals surface area contributed by atoms with E-state index >= 15 is 0 Å². The largest absolute Gasteiger partial charge is 0.494 e. The SMILES string of the molecule is CCOc1ccc2nc(N(CCN(C)C)C(=O)c3ccc(SCC)cc3)sc2c1.Cl. The first-order valence-corrected chi connectivity index (χ1v) is 11.5. The number of hydrogen-bond acceptors (Lipinski definition) is 6. The van der Waals surface area contributed by atoms with Gasteiger partial charge in [-0.15, -0.1) is 24.2 Å². The van der Waals surface area contributed by atoms with Crippen molar-refractivity contribution >= 4 is 56.8 Å². The van der Waals surface area contributed by atoms with Gasteiger partial charge in [-0.3, -0.25) is 9.69 Å². The highest BCUT2D eigenvalue weighted by atomic mass is 35.5. The molecule has 2 aromatic carbocycles. The second kappa shape index (κ2) is 11.6. The van der Waals surface area contributed by atoms with Gasteiger partial charge in [-0.1, -0.05) is 18.3 Å². The van der Waals surface area contributed by atoms with Gasteiger partial charge in [-0.05, 0) is 69.2 Å². The fourth-order valence-corrected chi connectivity index (χ4v) is 4.55. The topological polar surface area (TPSA) is 45.7 Å². The second-order valence-electron chi connectivity index (χ2n) is 6.78. The van der Waals surface area contributed by atoms with E-state index in [-0.39, 0.29) is 18.3 Å². The van der Waals surface area contributed by atoms with Crippen molar-refractivity contribution in [2.75, 3.05) is 44.4 Å². The number of nitrogens with zero attached hydrogens (tertiary/aromatic N) is 3. The number of halogens is 1. The van der Waals surface area contributed by atoms with Crippen LogP contribution in [0, 0.1) is 0 Å². The zero-order chi connectivity index (χ0) is 20.8. The van der Waals surface area contributed by atoms with Crippen molar-refractivity contribution in [3.8, 4) is 5.75 Å². The number of rotatable bonds is 9. The van der Waals surface area contributed by atoms with Gasteiger partial charge < -0.3 is 9.64 Å². The molecule has 0 N–H and O–H groups in total. The minimum Gasteiger partial charge on any atom is -0.494 e. The zero-order valence-electron chi connectivity index (χ0n) is 17.8. The number of benzene rings is 2. The Balaban J connectivity index is 0.00000320. The summed E-state index contributed by atoms with van der Waals surface area (Å²) < 4.78 is 6.62. The first kappa shape index (κ1) is 24.5. The van der Waals surface area contributed by atoms with Crippen molar-refractivity contribution in [1.29, 1.82) is 0 Å². The fourth-order valence-electron chi connectivity index (χ4n) is 2.86. The Hall–Kier alpha value is -1.80. The molecule has 1 heterocycles. The summed E-state index contributed by atoms with van der Waals surface area (Å²) in [6.07, 6.45) is 0. The predicted octanol–water partition coefficient (Wildman–Crippen LogP) is 5.44. The van der Waals surface area contributed by atoms with Gasteiger partial charge in [-0.2, -0.15) is 0 Å². The summed E-state index contributed by atoms with van der Waals surface area (Å²) in [4.78, 5) is 23.1. The number of fused-ring (bicyclic) bond motifs is 1. The Morgan fingerprint density at radius 3 is 2.47 bits per heavy atom. The molecule has 8 heteroatoms. The van der Waals surface area contributed by atoms with Crippen molar-refractivity contribution in [3.05, 3.63) is 48.0 Å². The number of thiazole rings is 1.